The molecular weight excluding hydrogens is 450 g/mol. The summed E-state index contributed by atoms with van der Waals surface area (Å²) < 4.78 is 27.0. The number of piperidine rings is 1. The zero-order chi connectivity index (χ0) is 24.6. The van der Waals surface area contributed by atoms with Crippen LogP contribution in [-0.4, -0.2) is 31.6 Å². The first kappa shape index (κ1) is 24.2. The second kappa shape index (κ2) is 11.5. The van der Waals surface area contributed by atoms with Gasteiger partial charge in [-0.25, -0.2) is 13.6 Å². The molecule has 0 unspecified atom stereocenters. The van der Waals surface area contributed by atoms with Crippen LogP contribution in [0.5, 0.6) is 0 Å². The summed E-state index contributed by atoms with van der Waals surface area (Å²) in [7, 11) is 0. The summed E-state index contributed by atoms with van der Waals surface area (Å²) in [6, 6.07) is 17.3. The van der Waals surface area contributed by atoms with E-state index in [4.69, 9.17) is 0 Å². The van der Waals surface area contributed by atoms with Crippen molar-refractivity contribution in [2.45, 2.75) is 25.7 Å². The highest BCUT2D eigenvalue weighted by Gasteiger charge is 2.20. The van der Waals surface area contributed by atoms with Crippen LogP contribution in [0, 0.1) is 11.6 Å². The number of carbonyl (C=O) groups excluding carboxylic acids is 2. The predicted octanol–water partition coefficient (Wildman–Crippen LogP) is 5.57. The molecule has 0 bridgehead atoms. The molecule has 1 fully saturated rings. The van der Waals surface area contributed by atoms with Crippen LogP contribution >= 0.6 is 0 Å². The minimum Gasteiger partial charge on any atom is -0.371 e. The molecule has 3 aromatic rings. The van der Waals surface area contributed by atoms with Crippen LogP contribution in [0.15, 0.2) is 66.7 Å². The zero-order valence-corrected chi connectivity index (χ0v) is 19.3. The van der Waals surface area contributed by atoms with Gasteiger partial charge in [-0.1, -0.05) is 30.3 Å². The number of amides is 3. The molecule has 0 radical (unpaired) electrons. The number of hydrogen-bond donors (Lipinski definition) is 3. The molecule has 0 spiro atoms. The van der Waals surface area contributed by atoms with E-state index in [9.17, 15) is 18.4 Å². The average Bonchev–Trinajstić information content (AvgIpc) is 2.87. The minimum atomic E-state index is -0.876. The maximum Gasteiger partial charge on any atom is 0.323 e. The molecular formula is C27H28F2N4O2. The van der Waals surface area contributed by atoms with Gasteiger partial charge < -0.3 is 20.9 Å². The number of urea groups is 1. The van der Waals surface area contributed by atoms with E-state index in [1.165, 1.54) is 0 Å². The van der Waals surface area contributed by atoms with E-state index in [-0.39, 0.29) is 11.6 Å². The minimum absolute atomic E-state index is 0.146. The highest BCUT2D eigenvalue weighted by Crippen LogP contribution is 2.27. The Hall–Kier alpha value is -3.94. The van der Waals surface area contributed by atoms with Gasteiger partial charge in [-0.3, -0.25) is 4.79 Å². The fourth-order valence-electron chi connectivity index (χ4n) is 4.14. The van der Waals surface area contributed by atoms with Crippen LogP contribution in [0.1, 0.15) is 35.2 Å². The lowest BCUT2D eigenvalue weighted by Crippen LogP contribution is -2.33. The van der Waals surface area contributed by atoms with Crippen molar-refractivity contribution in [3.8, 4) is 0 Å². The third-order valence-electron chi connectivity index (χ3n) is 5.92. The number of rotatable bonds is 7. The van der Waals surface area contributed by atoms with Crippen LogP contribution in [0.4, 0.5) is 30.6 Å². The van der Waals surface area contributed by atoms with Gasteiger partial charge in [0, 0.05) is 37.1 Å². The molecule has 3 aromatic carbocycles. The van der Waals surface area contributed by atoms with Crippen molar-refractivity contribution < 1.29 is 18.4 Å². The summed E-state index contributed by atoms with van der Waals surface area (Å²) in [4.78, 5) is 27.8. The smallest absolute Gasteiger partial charge is 0.323 e. The van der Waals surface area contributed by atoms with Crippen LogP contribution < -0.4 is 20.9 Å². The molecule has 3 N–H and O–H groups in total. The van der Waals surface area contributed by atoms with E-state index in [1.807, 2.05) is 36.4 Å². The monoisotopic (exact) mass is 478 g/mol. The molecule has 1 aliphatic heterocycles. The third-order valence-corrected chi connectivity index (χ3v) is 5.92. The Labute approximate surface area is 203 Å². The highest BCUT2D eigenvalue weighted by atomic mass is 19.1. The van der Waals surface area contributed by atoms with Gasteiger partial charge in [-0.15, -0.1) is 0 Å². The van der Waals surface area contributed by atoms with Gasteiger partial charge in [0.2, 0.25) is 0 Å². The molecule has 0 atom stereocenters. The van der Waals surface area contributed by atoms with Gasteiger partial charge in [0.25, 0.3) is 5.91 Å². The van der Waals surface area contributed by atoms with Crippen LogP contribution in [0.3, 0.4) is 0 Å². The van der Waals surface area contributed by atoms with E-state index in [1.54, 1.807) is 12.1 Å². The van der Waals surface area contributed by atoms with E-state index in [0.717, 1.165) is 55.7 Å². The fourth-order valence-corrected chi connectivity index (χ4v) is 4.14. The number of benzene rings is 3. The molecule has 1 saturated heterocycles. The Morgan fingerprint density at radius 2 is 1.63 bits per heavy atom. The highest BCUT2D eigenvalue weighted by molar-refractivity contribution is 6.04. The summed E-state index contributed by atoms with van der Waals surface area (Å²) in [6.07, 6.45) is 3.98. The lowest BCUT2D eigenvalue weighted by Gasteiger charge is -2.30. The van der Waals surface area contributed by atoms with Crippen molar-refractivity contribution in [2.24, 2.45) is 0 Å². The number of nitrogens with one attached hydrogen (secondary N) is 3. The lowest BCUT2D eigenvalue weighted by atomic mass is 10.1. The van der Waals surface area contributed by atoms with Gasteiger partial charge in [0.1, 0.15) is 11.6 Å². The maximum absolute atomic E-state index is 13.9. The summed E-state index contributed by atoms with van der Waals surface area (Å²) in [6.45, 7) is 2.20. The van der Waals surface area contributed by atoms with Gasteiger partial charge >= 0.3 is 6.03 Å². The normalized spacial score (nSPS) is 13.3. The van der Waals surface area contributed by atoms with Crippen molar-refractivity contribution in [1.82, 2.24) is 5.32 Å². The maximum atomic E-state index is 13.9. The Balaban J connectivity index is 1.48. The first-order chi connectivity index (χ1) is 17.0. The molecule has 35 heavy (non-hydrogen) atoms. The second-order valence-electron chi connectivity index (χ2n) is 8.47. The summed E-state index contributed by atoms with van der Waals surface area (Å²) in [5, 5.41) is 7.97. The van der Waals surface area contributed by atoms with Crippen molar-refractivity contribution in [3.05, 3.63) is 89.5 Å². The molecule has 8 heteroatoms. The van der Waals surface area contributed by atoms with E-state index < -0.39 is 17.7 Å². The van der Waals surface area contributed by atoms with Gasteiger partial charge in [-0.05, 0) is 61.6 Å². The predicted molar refractivity (Wildman–Crippen MR) is 134 cm³/mol. The number of halogens is 2. The van der Waals surface area contributed by atoms with Crippen molar-refractivity contribution >= 4 is 29.0 Å². The molecule has 0 aromatic heterocycles. The third kappa shape index (κ3) is 6.56. The Morgan fingerprint density at radius 3 is 2.37 bits per heavy atom. The standard InChI is InChI=1S/C27H28F2N4O2/c28-20-9-11-24(23(29)17-20)32-27(35)31-21-10-12-25(33-15-5-2-6-16-33)22(18-21)26(34)30-14-13-19-7-3-1-4-8-19/h1,3-4,7-12,17-18H,2,5-6,13-16H2,(H,30,34)(H2,31,32,35). The SMILES string of the molecule is O=C(Nc1ccc(N2CCCCC2)c(C(=O)NCCc2ccccc2)c1)Nc1ccc(F)cc1F. The van der Waals surface area contributed by atoms with E-state index in [2.05, 4.69) is 20.9 Å². The van der Waals surface area contributed by atoms with Crippen LogP contribution in [0.25, 0.3) is 0 Å². The summed E-state index contributed by atoms with van der Waals surface area (Å²) in [5.41, 5.74) is 2.65. The molecule has 4 rings (SSSR count). The number of hydrogen-bond acceptors (Lipinski definition) is 3. The lowest BCUT2D eigenvalue weighted by molar-refractivity contribution is 0.0954. The number of carbonyl (C=O) groups is 2. The Kier molecular flexibility index (Phi) is 7.92. The second-order valence-corrected chi connectivity index (χ2v) is 8.47. The average molecular weight is 479 g/mol. The molecule has 0 aliphatic carbocycles. The molecule has 1 aliphatic rings. The Bertz CT molecular complexity index is 1180. The molecule has 6 nitrogen and oxygen atoms in total. The topological polar surface area (TPSA) is 73.5 Å². The molecule has 182 valence electrons. The van der Waals surface area contributed by atoms with E-state index >= 15 is 0 Å². The first-order valence-corrected chi connectivity index (χ1v) is 11.7. The van der Waals surface area contributed by atoms with Gasteiger partial charge in [0.15, 0.2) is 0 Å². The zero-order valence-electron chi connectivity index (χ0n) is 19.3. The largest absolute Gasteiger partial charge is 0.371 e. The van der Waals surface area contributed by atoms with E-state index in [0.29, 0.717) is 30.3 Å². The quantitative estimate of drug-likeness (QED) is 0.416. The van der Waals surface area contributed by atoms with Crippen LogP contribution in [-0.2, 0) is 6.42 Å². The molecule has 3 amide bonds. The van der Waals surface area contributed by atoms with Crippen molar-refractivity contribution in [1.29, 1.82) is 0 Å². The van der Waals surface area contributed by atoms with Crippen LogP contribution in [0.2, 0.25) is 0 Å². The summed E-state index contributed by atoms with van der Waals surface area (Å²) >= 11 is 0. The fraction of sp³-hybridized carbons (Fsp3) is 0.259. The first-order valence-electron chi connectivity index (χ1n) is 11.7. The van der Waals surface area contributed by atoms with Crippen molar-refractivity contribution in [2.75, 3.05) is 35.2 Å². The van der Waals surface area contributed by atoms with Crippen molar-refractivity contribution in [3.63, 3.8) is 0 Å². The molecule has 1 heterocycles. The Morgan fingerprint density at radius 1 is 0.857 bits per heavy atom. The van der Waals surface area contributed by atoms with Gasteiger partial charge in [-0.2, -0.15) is 0 Å². The summed E-state index contributed by atoms with van der Waals surface area (Å²) in [5.74, 6) is -1.83. The number of nitrogens with zero attached hydrogens (tertiary/aromatic N) is 1. The van der Waals surface area contributed by atoms with Gasteiger partial charge in [0.05, 0.1) is 11.3 Å². The number of anilines is 3. The molecule has 0 saturated carbocycles.